The first-order chi connectivity index (χ1) is 11.5. The summed E-state index contributed by atoms with van der Waals surface area (Å²) in [7, 11) is 0. The molecule has 0 amide bonds. The van der Waals surface area contributed by atoms with Gasteiger partial charge in [0.15, 0.2) is 0 Å². The smallest absolute Gasteiger partial charge is 0.142 e. The van der Waals surface area contributed by atoms with Gasteiger partial charge in [-0.05, 0) is 75.5 Å². The van der Waals surface area contributed by atoms with Crippen molar-refractivity contribution in [1.29, 1.82) is 0 Å². The third kappa shape index (κ3) is 3.11. The Bertz CT molecular complexity index is 943. The Morgan fingerprint density at radius 3 is 2.46 bits per heavy atom. The molecular weight excluding hydrogens is 555 g/mol. The number of benzene rings is 2. The number of phenolic OH excluding ortho intramolecular Hbond substituents is 1. The number of furan rings is 1. The third-order valence-corrected chi connectivity index (χ3v) is 5.55. The van der Waals surface area contributed by atoms with Crippen LogP contribution in [0.1, 0.15) is 23.8 Å². The number of nitrogens with zero attached hydrogens (tertiary/aromatic N) is 1. The molecule has 7 heteroatoms. The van der Waals surface area contributed by atoms with Gasteiger partial charge in [-0.1, -0.05) is 23.7 Å². The molecule has 0 aliphatic rings. The number of aryl methyl sites for hydroxylation is 1. The van der Waals surface area contributed by atoms with E-state index in [2.05, 4.69) is 5.16 Å². The molecule has 24 heavy (non-hydrogen) atoms. The molecule has 0 bridgehead atoms. The summed E-state index contributed by atoms with van der Waals surface area (Å²) in [5, 5.41) is 24.6. The van der Waals surface area contributed by atoms with Crippen LogP contribution >= 0.6 is 56.8 Å². The maximum Gasteiger partial charge on any atom is 0.142 e. The van der Waals surface area contributed by atoms with Crippen LogP contribution in [0.2, 0.25) is 5.02 Å². The van der Waals surface area contributed by atoms with Crippen molar-refractivity contribution in [3.8, 4) is 5.75 Å². The van der Waals surface area contributed by atoms with Crippen molar-refractivity contribution in [3.63, 3.8) is 0 Å². The molecule has 4 nitrogen and oxygen atoms in total. The first-order valence-corrected chi connectivity index (χ1v) is 9.61. The van der Waals surface area contributed by atoms with Gasteiger partial charge in [0.1, 0.15) is 22.8 Å². The fraction of sp³-hybridized carbons (Fsp3) is 0.118. The highest BCUT2D eigenvalue weighted by Gasteiger charge is 2.22. The van der Waals surface area contributed by atoms with Gasteiger partial charge in [-0.15, -0.1) is 0 Å². The van der Waals surface area contributed by atoms with Crippen molar-refractivity contribution in [2.24, 2.45) is 5.16 Å². The number of hydrogen-bond donors (Lipinski definition) is 2. The van der Waals surface area contributed by atoms with Crippen LogP contribution in [0.3, 0.4) is 0 Å². The van der Waals surface area contributed by atoms with Crippen LogP contribution in [0.25, 0.3) is 11.0 Å². The van der Waals surface area contributed by atoms with E-state index in [4.69, 9.17) is 16.0 Å². The van der Waals surface area contributed by atoms with Gasteiger partial charge >= 0.3 is 0 Å². The first kappa shape index (κ1) is 17.8. The van der Waals surface area contributed by atoms with E-state index in [1.807, 2.05) is 52.1 Å². The highest BCUT2D eigenvalue weighted by atomic mass is 127. The topological polar surface area (TPSA) is 66.0 Å². The lowest BCUT2D eigenvalue weighted by molar-refractivity contribution is 0.319. The van der Waals surface area contributed by atoms with Gasteiger partial charge in [-0.2, -0.15) is 0 Å². The summed E-state index contributed by atoms with van der Waals surface area (Å²) in [4.78, 5) is 0. The van der Waals surface area contributed by atoms with Crippen molar-refractivity contribution < 1.29 is 14.7 Å². The number of halogens is 3. The number of fused-ring (bicyclic) bond motifs is 1. The van der Waals surface area contributed by atoms with E-state index in [0.717, 1.165) is 16.7 Å². The Balaban J connectivity index is 2.30. The average Bonchev–Trinajstić information content (AvgIpc) is 2.91. The maximum absolute atomic E-state index is 9.97. The lowest BCUT2D eigenvalue weighted by Crippen LogP contribution is -2.06. The lowest BCUT2D eigenvalue weighted by Gasteiger charge is -2.09. The minimum Gasteiger partial charge on any atom is -0.506 e. The molecule has 3 aromatic rings. The average molecular weight is 568 g/mol. The molecule has 124 valence electrons. The second-order valence-electron chi connectivity index (χ2n) is 5.13. The van der Waals surface area contributed by atoms with Gasteiger partial charge in [0.05, 0.1) is 12.7 Å². The van der Waals surface area contributed by atoms with Crippen molar-refractivity contribution in [3.05, 3.63) is 59.4 Å². The summed E-state index contributed by atoms with van der Waals surface area (Å²) in [5.41, 5.74) is 2.50. The van der Waals surface area contributed by atoms with Crippen LogP contribution in [-0.2, 0) is 6.42 Å². The predicted molar refractivity (Wildman–Crippen MR) is 112 cm³/mol. The molecular formula is C17H12ClI2NO3. The van der Waals surface area contributed by atoms with Gasteiger partial charge in [-0.3, -0.25) is 0 Å². The quantitative estimate of drug-likeness (QED) is 0.182. The third-order valence-electron chi connectivity index (χ3n) is 3.67. The zero-order chi connectivity index (χ0) is 17.4. The second kappa shape index (κ2) is 7.09. The highest BCUT2D eigenvalue weighted by Crippen LogP contribution is 2.33. The van der Waals surface area contributed by atoms with E-state index in [9.17, 15) is 10.3 Å². The fourth-order valence-electron chi connectivity index (χ4n) is 2.58. The van der Waals surface area contributed by atoms with Crippen molar-refractivity contribution >= 4 is 73.5 Å². The van der Waals surface area contributed by atoms with Crippen LogP contribution in [0, 0.1) is 7.14 Å². The zero-order valence-corrected chi connectivity index (χ0v) is 17.5. The molecule has 0 fully saturated rings. The van der Waals surface area contributed by atoms with E-state index in [-0.39, 0.29) is 5.75 Å². The van der Waals surface area contributed by atoms with Crippen LogP contribution in [0.4, 0.5) is 0 Å². The molecule has 3 rings (SSSR count). The normalized spacial score (nSPS) is 12.1. The van der Waals surface area contributed by atoms with E-state index >= 15 is 0 Å². The van der Waals surface area contributed by atoms with E-state index in [0.29, 0.717) is 35.4 Å². The van der Waals surface area contributed by atoms with E-state index in [1.54, 1.807) is 30.3 Å². The van der Waals surface area contributed by atoms with Crippen LogP contribution in [0.15, 0.2) is 39.9 Å². The van der Waals surface area contributed by atoms with Gasteiger partial charge in [0.2, 0.25) is 0 Å². The number of oxime groups is 1. The zero-order valence-electron chi connectivity index (χ0n) is 12.5. The molecule has 1 aromatic heterocycles. The van der Waals surface area contributed by atoms with Crippen molar-refractivity contribution in [1.82, 2.24) is 0 Å². The first-order valence-electron chi connectivity index (χ1n) is 7.08. The van der Waals surface area contributed by atoms with Crippen molar-refractivity contribution in [2.75, 3.05) is 0 Å². The molecule has 0 spiro atoms. The molecule has 0 unspecified atom stereocenters. The number of aromatic hydroxyl groups is 1. The molecule has 2 aromatic carbocycles. The van der Waals surface area contributed by atoms with Crippen LogP contribution in [0.5, 0.6) is 5.75 Å². The fourth-order valence-corrected chi connectivity index (χ4v) is 4.52. The van der Waals surface area contributed by atoms with Gasteiger partial charge in [0.25, 0.3) is 0 Å². The van der Waals surface area contributed by atoms with E-state index in [1.165, 1.54) is 0 Å². The largest absolute Gasteiger partial charge is 0.506 e. The monoisotopic (exact) mass is 567 g/mol. The van der Waals surface area contributed by atoms with Crippen LogP contribution in [-0.4, -0.2) is 16.0 Å². The molecule has 2 N–H and O–H groups in total. The summed E-state index contributed by atoms with van der Waals surface area (Å²) in [6, 6.07) is 8.92. The molecule has 0 saturated heterocycles. The van der Waals surface area contributed by atoms with Gasteiger partial charge in [0, 0.05) is 22.4 Å². The molecule has 0 radical (unpaired) electrons. The number of rotatable bonds is 3. The molecule has 0 aliphatic carbocycles. The minimum absolute atomic E-state index is 0.216. The standard InChI is InChI=1S/C17H12ClI2NO3/c1-2-13-15(10-7-9(18)3-4-14(10)24-13)16(21-23)8-5-11(19)17(22)12(20)6-8/h3-7,22-23H,2H2,1H3. The van der Waals surface area contributed by atoms with Gasteiger partial charge in [-0.25, -0.2) is 0 Å². The number of hydrogen-bond acceptors (Lipinski definition) is 4. The maximum atomic E-state index is 9.97. The Morgan fingerprint density at radius 1 is 1.21 bits per heavy atom. The lowest BCUT2D eigenvalue weighted by atomic mass is 9.98. The summed E-state index contributed by atoms with van der Waals surface area (Å²) in [6.07, 6.45) is 0.646. The Hall–Kier alpha value is -1.000. The molecule has 0 saturated carbocycles. The van der Waals surface area contributed by atoms with Crippen LogP contribution < -0.4 is 0 Å². The van der Waals surface area contributed by atoms with Gasteiger partial charge < -0.3 is 14.7 Å². The Labute approximate surface area is 170 Å². The Kier molecular flexibility index (Phi) is 5.26. The number of phenols is 1. The molecule has 0 atom stereocenters. The second-order valence-corrected chi connectivity index (χ2v) is 7.89. The summed E-state index contributed by atoms with van der Waals surface area (Å²) in [6.45, 7) is 1.97. The molecule has 0 aliphatic heterocycles. The minimum atomic E-state index is 0.216. The SMILES string of the molecule is CCc1oc2ccc(Cl)cc2c1C(=NO)c1cc(I)c(O)c(I)c1. The summed E-state index contributed by atoms with van der Waals surface area (Å²) in [5.74, 6) is 0.936. The molecule has 1 heterocycles. The van der Waals surface area contributed by atoms with E-state index < -0.39 is 0 Å². The Morgan fingerprint density at radius 2 is 1.88 bits per heavy atom. The van der Waals surface area contributed by atoms with Crippen molar-refractivity contribution in [2.45, 2.75) is 13.3 Å². The predicted octanol–water partition coefficient (Wildman–Crippen LogP) is 5.79. The summed E-state index contributed by atoms with van der Waals surface area (Å²) < 4.78 is 7.25. The highest BCUT2D eigenvalue weighted by molar-refractivity contribution is 14.1. The summed E-state index contributed by atoms with van der Waals surface area (Å²) >= 11 is 10.2.